The van der Waals surface area contributed by atoms with Crippen LogP contribution in [-0.2, 0) is 0 Å². The third kappa shape index (κ3) is 3.69. The summed E-state index contributed by atoms with van der Waals surface area (Å²) < 4.78 is 4.89. The molecular weight excluding hydrogens is 330 g/mol. The van der Waals surface area contributed by atoms with Gasteiger partial charge in [-0.15, -0.1) is 10.2 Å². The second-order valence-corrected chi connectivity index (χ2v) is 5.60. The highest BCUT2D eigenvalue weighted by Gasteiger charge is 2.11. The monoisotopic (exact) mass is 343 g/mol. The predicted molar refractivity (Wildman–Crippen MR) is 90.7 cm³/mol. The van der Waals surface area contributed by atoms with Crippen molar-refractivity contribution in [2.75, 3.05) is 10.6 Å². The van der Waals surface area contributed by atoms with E-state index < -0.39 is 5.91 Å². The molecule has 0 fully saturated rings. The normalized spacial score (nSPS) is 10.5. The van der Waals surface area contributed by atoms with Gasteiger partial charge in [0.2, 0.25) is 0 Å². The van der Waals surface area contributed by atoms with Crippen LogP contribution in [0.15, 0.2) is 40.9 Å². The zero-order chi connectivity index (χ0) is 17.1. The number of carbonyl (C=O) groups is 1. The second kappa shape index (κ2) is 6.67. The largest absolute Gasteiger partial charge is 0.360 e. The van der Waals surface area contributed by atoms with Gasteiger partial charge in [-0.1, -0.05) is 16.8 Å². The number of halogens is 1. The molecule has 2 aromatic heterocycles. The number of nitrogens with zero attached hydrogens (tertiary/aromatic N) is 3. The van der Waals surface area contributed by atoms with Crippen molar-refractivity contribution in [1.82, 2.24) is 15.4 Å². The van der Waals surface area contributed by atoms with Gasteiger partial charge < -0.3 is 15.2 Å². The Morgan fingerprint density at radius 1 is 1.08 bits per heavy atom. The van der Waals surface area contributed by atoms with Crippen molar-refractivity contribution in [3.8, 4) is 0 Å². The Morgan fingerprint density at radius 3 is 2.54 bits per heavy atom. The summed E-state index contributed by atoms with van der Waals surface area (Å²) in [5.74, 6) is 1.05. The van der Waals surface area contributed by atoms with Crippen molar-refractivity contribution in [1.29, 1.82) is 0 Å². The van der Waals surface area contributed by atoms with Crippen molar-refractivity contribution >= 4 is 34.8 Å². The number of hydrogen-bond acceptors (Lipinski definition) is 6. The molecule has 122 valence electrons. The minimum Gasteiger partial charge on any atom is -0.360 e. The minimum absolute atomic E-state index is 0.175. The van der Waals surface area contributed by atoms with Gasteiger partial charge in [-0.05, 0) is 49.7 Å². The molecule has 24 heavy (non-hydrogen) atoms. The highest BCUT2D eigenvalue weighted by molar-refractivity contribution is 6.30. The Balaban J connectivity index is 1.69. The molecule has 0 atom stereocenters. The van der Waals surface area contributed by atoms with Gasteiger partial charge in [0.05, 0.1) is 0 Å². The Labute approximate surface area is 143 Å². The molecule has 0 unspecified atom stereocenters. The highest BCUT2D eigenvalue weighted by atomic mass is 35.5. The van der Waals surface area contributed by atoms with Crippen LogP contribution in [0.3, 0.4) is 0 Å². The molecule has 2 heterocycles. The summed E-state index contributed by atoms with van der Waals surface area (Å²) in [5, 5.41) is 18.0. The SMILES string of the molecule is Cc1cc(NC(=O)c2ccc(Nc3ccc(Cl)cc3C)nn2)no1. The molecule has 0 spiro atoms. The predicted octanol–water partition coefficient (Wildman–Crippen LogP) is 3.73. The van der Waals surface area contributed by atoms with Crippen LogP contribution in [0, 0.1) is 13.8 Å². The van der Waals surface area contributed by atoms with Crippen LogP contribution in [-0.4, -0.2) is 21.3 Å². The van der Waals surface area contributed by atoms with Crippen molar-refractivity contribution in [3.05, 3.63) is 58.4 Å². The summed E-state index contributed by atoms with van der Waals surface area (Å²) in [5.41, 5.74) is 2.02. The van der Waals surface area contributed by atoms with Gasteiger partial charge in [-0.2, -0.15) is 0 Å². The van der Waals surface area contributed by atoms with Crippen LogP contribution in [0.5, 0.6) is 0 Å². The molecule has 3 rings (SSSR count). The van der Waals surface area contributed by atoms with E-state index in [1.54, 1.807) is 31.2 Å². The molecule has 1 amide bonds. The number of nitrogens with one attached hydrogen (secondary N) is 2. The van der Waals surface area contributed by atoms with Gasteiger partial charge in [0.15, 0.2) is 17.3 Å². The van der Waals surface area contributed by atoms with E-state index in [0.29, 0.717) is 22.4 Å². The Kier molecular flexibility index (Phi) is 4.43. The lowest BCUT2D eigenvalue weighted by atomic mass is 10.2. The number of carbonyl (C=O) groups excluding carboxylic acids is 1. The first-order valence-electron chi connectivity index (χ1n) is 7.13. The molecule has 0 aliphatic carbocycles. The van der Waals surface area contributed by atoms with E-state index in [-0.39, 0.29) is 5.69 Å². The van der Waals surface area contributed by atoms with E-state index in [9.17, 15) is 4.79 Å². The summed E-state index contributed by atoms with van der Waals surface area (Å²) in [6.07, 6.45) is 0. The van der Waals surface area contributed by atoms with Crippen molar-refractivity contribution in [3.63, 3.8) is 0 Å². The van der Waals surface area contributed by atoms with Gasteiger partial charge in [0.25, 0.3) is 5.91 Å². The molecule has 0 bridgehead atoms. The van der Waals surface area contributed by atoms with E-state index in [4.69, 9.17) is 16.1 Å². The molecule has 3 aromatic rings. The van der Waals surface area contributed by atoms with Crippen LogP contribution in [0.1, 0.15) is 21.8 Å². The van der Waals surface area contributed by atoms with Crippen LogP contribution < -0.4 is 10.6 Å². The van der Waals surface area contributed by atoms with Crippen molar-refractivity contribution in [2.24, 2.45) is 0 Å². The maximum atomic E-state index is 12.1. The smallest absolute Gasteiger partial charge is 0.277 e. The van der Waals surface area contributed by atoms with Crippen LogP contribution >= 0.6 is 11.6 Å². The summed E-state index contributed by atoms with van der Waals surface area (Å²) in [6, 6.07) is 10.3. The molecule has 1 aromatic carbocycles. The average molecular weight is 344 g/mol. The third-order valence-electron chi connectivity index (χ3n) is 3.22. The lowest BCUT2D eigenvalue weighted by Gasteiger charge is -2.08. The molecule has 0 saturated heterocycles. The van der Waals surface area contributed by atoms with E-state index in [0.717, 1.165) is 11.3 Å². The quantitative estimate of drug-likeness (QED) is 0.749. The van der Waals surface area contributed by atoms with Gasteiger partial charge in [-0.3, -0.25) is 4.79 Å². The fourth-order valence-electron chi connectivity index (χ4n) is 2.03. The first-order valence-corrected chi connectivity index (χ1v) is 7.50. The topological polar surface area (TPSA) is 92.9 Å². The number of benzene rings is 1. The Hall–Kier alpha value is -2.93. The van der Waals surface area contributed by atoms with E-state index >= 15 is 0 Å². The molecule has 8 heteroatoms. The number of aromatic nitrogens is 3. The van der Waals surface area contributed by atoms with Crippen molar-refractivity contribution in [2.45, 2.75) is 13.8 Å². The summed E-state index contributed by atoms with van der Waals surface area (Å²) in [7, 11) is 0. The molecule has 0 aliphatic heterocycles. The van der Waals surface area contributed by atoms with Crippen molar-refractivity contribution < 1.29 is 9.32 Å². The molecular formula is C16H14ClN5O2. The van der Waals surface area contributed by atoms with Gasteiger partial charge in [0.1, 0.15) is 5.76 Å². The lowest BCUT2D eigenvalue weighted by molar-refractivity contribution is 0.102. The lowest BCUT2D eigenvalue weighted by Crippen LogP contribution is -2.14. The fraction of sp³-hybridized carbons (Fsp3) is 0.125. The second-order valence-electron chi connectivity index (χ2n) is 5.16. The standard InChI is InChI=1S/C16H14ClN5O2/c1-9-7-11(17)3-4-12(9)18-14-6-5-13(20-21-14)16(23)19-15-8-10(2)24-22-15/h3-8H,1-2H3,(H,18,21)(H,19,22,23). The molecule has 7 nitrogen and oxygen atoms in total. The number of rotatable bonds is 4. The first kappa shape index (κ1) is 15.9. The Bertz CT molecular complexity index is 876. The van der Waals surface area contributed by atoms with Crippen LogP contribution in [0.2, 0.25) is 5.02 Å². The average Bonchev–Trinajstić information content (AvgIpc) is 2.96. The molecule has 0 radical (unpaired) electrons. The highest BCUT2D eigenvalue weighted by Crippen LogP contribution is 2.22. The van der Waals surface area contributed by atoms with E-state index in [2.05, 4.69) is 26.0 Å². The summed E-state index contributed by atoms with van der Waals surface area (Å²) in [6.45, 7) is 3.67. The Morgan fingerprint density at radius 2 is 1.92 bits per heavy atom. The molecule has 2 N–H and O–H groups in total. The summed E-state index contributed by atoms with van der Waals surface area (Å²) in [4.78, 5) is 12.1. The minimum atomic E-state index is -0.412. The first-order chi connectivity index (χ1) is 11.5. The maximum Gasteiger partial charge on any atom is 0.277 e. The number of aryl methyl sites for hydroxylation is 2. The number of amides is 1. The van der Waals surface area contributed by atoms with E-state index in [1.807, 2.05) is 19.1 Å². The molecule has 0 aliphatic rings. The number of hydrogen-bond donors (Lipinski definition) is 2. The van der Waals surface area contributed by atoms with Gasteiger partial charge >= 0.3 is 0 Å². The zero-order valence-electron chi connectivity index (χ0n) is 13.0. The third-order valence-corrected chi connectivity index (χ3v) is 3.45. The zero-order valence-corrected chi connectivity index (χ0v) is 13.8. The molecule has 0 saturated carbocycles. The summed E-state index contributed by atoms with van der Waals surface area (Å²) >= 11 is 5.93. The maximum absolute atomic E-state index is 12.1. The number of anilines is 3. The van der Waals surface area contributed by atoms with Gasteiger partial charge in [-0.25, -0.2) is 0 Å². The van der Waals surface area contributed by atoms with Crippen LogP contribution in [0.25, 0.3) is 0 Å². The van der Waals surface area contributed by atoms with E-state index in [1.165, 1.54) is 0 Å². The van der Waals surface area contributed by atoms with Gasteiger partial charge in [0, 0.05) is 16.8 Å². The fourth-order valence-corrected chi connectivity index (χ4v) is 2.26. The van der Waals surface area contributed by atoms with Crippen LogP contribution in [0.4, 0.5) is 17.3 Å².